The van der Waals surface area contributed by atoms with E-state index >= 15 is 0 Å². The third-order valence-electron chi connectivity index (χ3n) is 2.92. The molecule has 1 heterocycles. The Morgan fingerprint density at radius 1 is 1.55 bits per heavy atom. The molecule has 1 aromatic rings. The molecule has 2 unspecified atom stereocenters. The number of carbonyl (C=O) groups is 2. The predicted molar refractivity (Wildman–Crippen MR) is 83.4 cm³/mol. The highest BCUT2D eigenvalue weighted by Gasteiger charge is 2.39. The zero-order valence-corrected chi connectivity index (χ0v) is 13.6. The number of hydrogen-bond donors (Lipinski definition) is 2. The molecule has 1 aliphatic heterocycles. The third kappa shape index (κ3) is 3.21. The van der Waals surface area contributed by atoms with Gasteiger partial charge in [-0.2, -0.15) is 0 Å². The van der Waals surface area contributed by atoms with E-state index < -0.39 is 18.0 Å². The summed E-state index contributed by atoms with van der Waals surface area (Å²) in [5, 5.41) is 12.2. The van der Waals surface area contributed by atoms with Crippen LogP contribution in [0.25, 0.3) is 0 Å². The van der Waals surface area contributed by atoms with Gasteiger partial charge in [0.15, 0.2) is 0 Å². The van der Waals surface area contributed by atoms with Crippen molar-refractivity contribution in [1.29, 1.82) is 0 Å². The maximum absolute atomic E-state index is 12.3. The Bertz CT molecular complexity index is 558. The van der Waals surface area contributed by atoms with Crippen molar-refractivity contribution in [3.05, 3.63) is 27.7 Å². The van der Waals surface area contributed by atoms with Crippen molar-refractivity contribution in [2.24, 2.45) is 0 Å². The van der Waals surface area contributed by atoms with Gasteiger partial charge in [0.05, 0.1) is 11.1 Å². The van der Waals surface area contributed by atoms with E-state index in [2.05, 4.69) is 21.2 Å². The van der Waals surface area contributed by atoms with E-state index in [0.717, 1.165) is 0 Å². The smallest absolute Gasteiger partial charge is 0.327 e. The highest BCUT2D eigenvalue weighted by Crippen LogP contribution is 2.31. The lowest BCUT2D eigenvalue weighted by Gasteiger charge is -2.25. The second-order valence-corrected chi connectivity index (χ2v) is 6.89. The second-order valence-electron chi connectivity index (χ2n) is 4.25. The Morgan fingerprint density at radius 2 is 2.25 bits per heavy atom. The van der Waals surface area contributed by atoms with Crippen LogP contribution in [0.2, 0.25) is 5.02 Å². The zero-order valence-electron chi connectivity index (χ0n) is 10.5. The first-order valence-corrected chi connectivity index (χ1v) is 8.01. The van der Waals surface area contributed by atoms with Crippen molar-refractivity contribution < 1.29 is 14.7 Å². The molecule has 0 aliphatic carbocycles. The van der Waals surface area contributed by atoms with Crippen LogP contribution >= 0.6 is 39.3 Å². The first kappa shape index (κ1) is 15.5. The van der Waals surface area contributed by atoms with E-state index in [1.165, 1.54) is 16.7 Å². The van der Waals surface area contributed by atoms with Crippen molar-refractivity contribution in [3.8, 4) is 0 Å². The van der Waals surface area contributed by atoms with Gasteiger partial charge in [-0.1, -0.05) is 11.6 Å². The number of carbonyl (C=O) groups excluding carboxylic acids is 1. The maximum atomic E-state index is 12.3. The summed E-state index contributed by atoms with van der Waals surface area (Å²) in [5.41, 5.74) is 0.549. The number of amides is 2. The Hall–Kier alpha value is -0.920. The summed E-state index contributed by atoms with van der Waals surface area (Å²) in [7, 11) is 0. The molecule has 0 spiro atoms. The molecule has 0 radical (unpaired) electrons. The summed E-state index contributed by atoms with van der Waals surface area (Å²) in [6.45, 7) is 1.81. The number of carboxylic acid groups (broad SMARTS) is 1. The van der Waals surface area contributed by atoms with Gasteiger partial charge in [0.2, 0.25) is 0 Å². The highest BCUT2D eigenvalue weighted by atomic mass is 79.9. The van der Waals surface area contributed by atoms with Gasteiger partial charge in [-0.05, 0) is 41.1 Å². The van der Waals surface area contributed by atoms with Crippen molar-refractivity contribution >= 4 is 57.0 Å². The third-order valence-corrected chi connectivity index (χ3v) is 5.02. The molecule has 2 rings (SSSR count). The van der Waals surface area contributed by atoms with Crippen molar-refractivity contribution in [2.75, 3.05) is 11.1 Å². The summed E-state index contributed by atoms with van der Waals surface area (Å²) in [5.74, 6) is -0.599. The van der Waals surface area contributed by atoms with E-state index in [1.54, 1.807) is 18.2 Å². The van der Waals surface area contributed by atoms with Crippen LogP contribution in [0.4, 0.5) is 10.5 Å². The summed E-state index contributed by atoms with van der Waals surface area (Å²) in [4.78, 5) is 24.8. The lowest BCUT2D eigenvalue weighted by atomic mass is 10.3. The van der Waals surface area contributed by atoms with E-state index in [4.69, 9.17) is 16.7 Å². The molecule has 8 heteroatoms. The fourth-order valence-electron chi connectivity index (χ4n) is 1.91. The fourth-order valence-corrected chi connectivity index (χ4v) is 3.86. The van der Waals surface area contributed by atoms with Gasteiger partial charge in [-0.3, -0.25) is 4.90 Å². The van der Waals surface area contributed by atoms with Crippen LogP contribution in [0.5, 0.6) is 0 Å². The topological polar surface area (TPSA) is 69.6 Å². The first-order valence-electron chi connectivity index (χ1n) is 5.79. The molecule has 2 atom stereocenters. The van der Waals surface area contributed by atoms with E-state index in [1.807, 2.05) is 6.92 Å². The number of hydrogen-bond acceptors (Lipinski definition) is 3. The Kier molecular flexibility index (Phi) is 4.82. The molecule has 5 nitrogen and oxygen atoms in total. The van der Waals surface area contributed by atoms with Crippen LogP contribution in [0.3, 0.4) is 0 Å². The van der Waals surface area contributed by atoms with Gasteiger partial charge < -0.3 is 10.4 Å². The van der Waals surface area contributed by atoms with Crippen LogP contribution in [0.15, 0.2) is 22.7 Å². The monoisotopic (exact) mass is 378 g/mol. The van der Waals surface area contributed by atoms with Gasteiger partial charge in [0.25, 0.3) is 0 Å². The summed E-state index contributed by atoms with van der Waals surface area (Å²) < 4.78 is 0.643. The minimum Gasteiger partial charge on any atom is -0.480 e. The lowest BCUT2D eigenvalue weighted by molar-refractivity contribution is -0.141. The first-order chi connectivity index (χ1) is 9.40. The average Bonchev–Trinajstić information content (AvgIpc) is 2.75. The normalized spacial score (nSPS) is 21.9. The van der Waals surface area contributed by atoms with Crippen LogP contribution in [-0.2, 0) is 4.79 Å². The summed E-state index contributed by atoms with van der Waals surface area (Å²) in [6, 6.07) is 3.74. The quantitative estimate of drug-likeness (QED) is 0.825. The van der Waals surface area contributed by atoms with E-state index in [-0.39, 0.29) is 5.37 Å². The minimum atomic E-state index is -0.993. The van der Waals surface area contributed by atoms with Crippen molar-refractivity contribution in [2.45, 2.75) is 18.3 Å². The van der Waals surface area contributed by atoms with Gasteiger partial charge in [-0.15, -0.1) is 11.8 Å². The molecule has 108 valence electrons. The van der Waals surface area contributed by atoms with Crippen LogP contribution in [0.1, 0.15) is 6.92 Å². The number of urea groups is 1. The SMILES string of the molecule is CC1SCC(C(=O)O)N1C(=O)Nc1ccc(Cl)cc1Br. The Morgan fingerprint density at radius 3 is 2.85 bits per heavy atom. The number of nitrogens with one attached hydrogen (secondary N) is 1. The second kappa shape index (κ2) is 6.24. The van der Waals surface area contributed by atoms with Gasteiger partial charge in [0, 0.05) is 15.2 Å². The van der Waals surface area contributed by atoms with Gasteiger partial charge in [-0.25, -0.2) is 9.59 Å². The zero-order chi connectivity index (χ0) is 14.9. The molecule has 0 aromatic heterocycles. The fraction of sp³-hybridized carbons (Fsp3) is 0.333. The van der Waals surface area contributed by atoms with Crippen molar-refractivity contribution in [3.63, 3.8) is 0 Å². The molecular formula is C12H12BrClN2O3S. The molecule has 0 bridgehead atoms. The Labute approximate surface area is 133 Å². The number of carboxylic acids is 1. The molecule has 2 N–H and O–H groups in total. The number of benzene rings is 1. The largest absolute Gasteiger partial charge is 0.480 e. The maximum Gasteiger partial charge on any atom is 0.327 e. The molecule has 1 saturated heterocycles. The number of nitrogens with zero attached hydrogens (tertiary/aromatic N) is 1. The van der Waals surface area contributed by atoms with E-state index in [9.17, 15) is 9.59 Å². The number of anilines is 1. The van der Waals surface area contributed by atoms with Crippen molar-refractivity contribution in [1.82, 2.24) is 4.90 Å². The van der Waals surface area contributed by atoms with Crippen LogP contribution in [-0.4, -0.2) is 39.2 Å². The summed E-state index contributed by atoms with van der Waals surface area (Å²) in [6.07, 6.45) is 0. The Balaban J connectivity index is 2.16. The summed E-state index contributed by atoms with van der Waals surface area (Å²) >= 11 is 10.6. The number of rotatable bonds is 2. The van der Waals surface area contributed by atoms with Gasteiger partial charge in [0.1, 0.15) is 6.04 Å². The highest BCUT2D eigenvalue weighted by molar-refractivity contribution is 9.10. The average molecular weight is 380 g/mol. The molecule has 1 aromatic carbocycles. The lowest BCUT2D eigenvalue weighted by Crippen LogP contribution is -2.46. The van der Waals surface area contributed by atoms with Gasteiger partial charge >= 0.3 is 12.0 Å². The molecular weight excluding hydrogens is 368 g/mol. The molecule has 0 saturated carbocycles. The minimum absolute atomic E-state index is 0.179. The van der Waals surface area contributed by atoms with Crippen LogP contribution < -0.4 is 5.32 Å². The number of thioether (sulfide) groups is 1. The molecule has 2 amide bonds. The standard InChI is InChI=1S/C12H12BrClN2O3S/c1-6-16(10(5-20-6)11(17)18)12(19)15-9-3-2-7(14)4-8(9)13/h2-4,6,10H,5H2,1H3,(H,15,19)(H,17,18). The van der Waals surface area contributed by atoms with E-state index in [0.29, 0.717) is 20.9 Å². The molecule has 1 aliphatic rings. The predicted octanol–water partition coefficient (Wildman–Crippen LogP) is 3.48. The number of halogens is 2. The number of aliphatic carboxylic acids is 1. The molecule has 20 heavy (non-hydrogen) atoms. The van der Waals surface area contributed by atoms with Crippen LogP contribution in [0, 0.1) is 0 Å². The molecule has 1 fully saturated rings.